The summed E-state index contributed by atoms with van der Waals surface area (Å²) in [7, 11) is 0. The van der Waals surface area contributed by atoms with Crippen LogP contribution in [0.25, 0.3) is 0 Å². The second-order valence-corrected chi connectivity index (χ2v) is 5.14. The van der Waals surface area contributed by atoms with Crippen LogP contribution < -0.4 is 0 Å². The number of rotatable bonds is 2. The molecule has 2 aliphatic rings. The van der Waals surface area contributed by atoms with Crippen molar-refractivity contribution < 1.29 is 14.3 Å². The molecule has 2 rings (SSSR count). The molecule has 1 N–H and O–H groups in total. The lowest BCUT2D eigenvalue weighted by atomic mass is 10.1. The van der Waals surface area contributed by atoms with Crippen LogP contribution in [0.4, 0.5) is 4.39 Å². The van der Waals surface area contributed by atoms with Crippen molar-refractivity contribution in [3.05, 3.63) is 0 Å². The van der Waals surface area contributed by atoms with E-state index >= 15 is 0 Å². The standard InChI is InChI=1S/C12H20FNO2/c13-12(11(15)16)7-8-14(9-12)10-5-3-1-2-4-6-10/h10H,1-9H2,(H,15,16). The lowest BCUT2D eigenvalue weighted by molar-refractivity contribution is -0.150. The number of alkyl halides is 1. The monoisotopic (exact) mass is 229 g/mol. The summed E-state index contributed by atoms with van der Waals surface area (Å²) in [6.45, 7) is 0.695. The van der Waals surface area contributed by atoms with Crippen molar-refractivity contribution in [2.45, 2.75) is 56.7 Å². The first-order valence-electron chi connectivity index (χ1n) is 6.28. The summed E-state index contributed by atoms with van der Waals surface area (Å²) in [5, 5.41) is 8.84. The zero-order valence-corrected chi connectivity index (χ0v) is 9.62. The molecule has 1 atom stereocenters. The lowest BCUT2D eigenvalue weighted by Gasteiger charge is -2.26. The van der Waals surface area contributed by atoms with E-state index < -0.39 is 11.6 Å². The number of likely N-dealkylation sites (tertiary alicyclic amines) is 1. The van der Waals surface area contributed by atoms with Crippen LogP contribution in [0.1, 0.15) is 44.9 Å². The molecule has 1 heterocycles. The molecule has 92 valence electrons. The maximum Gasteiger partial charge on any atom is 0.342 e. The third-order valence-corrected chi connectivity index (χ3v) is 3.97. The van der Waals surface area contributed by atoms with Crippen molar-refractivity contribution in [3.8, 4) is 0 Å². The number of halogens is 1. The largest absolute Gasteiger partial charge is 0.479 e. The number of carboxylic acids is 1. The average molecular weight is 229 g/mol. The first kappa shape index (κ1) is 11.8. The Balaban J connectivity index is 1.94. The van der Waals surface area contributed by atoms with Crippen molar-refractivity contribution in [3.63, 3.8) is 0 Å². The van der Waals surface area contributed by atoms with Crippen LogP contribution in [0.5, 0.6) is 0 Å². The van der Waals surface area contributed by atoms with Gasteiger partial charge in [0.2, 0.25) is 5.67 Å². The van der Waals surface area contributed by atoms with Gasteiger partial charge < -0.3 is 5.11 Å². The summed E-state index contributed by atoms with van der Waals surface area (Å²) < 4.78 is 13.9. The van der Waals surface area contributed by atoms with Crippen molar-refractivity contribution in [1.29, 1.82) is 0 Å². The van der Waals surface area contributed by atoms with Gasteiger partial charge in [-0.25, -0.2) is 9.18 Å². The second kappa shape index (κ2) is 4.70. The summed E-state index contributed by atoms with van der Waals surface area (Å²) >= 11 is 0. The van der Waals surface area contributed by atoms with Crippen LogP contribution in [0.15, 0.2) is 0 Å². The van der Waals surface area contributed by atoms with Crippen LogP contribution >= 0.6 is 0 Å². The minimum atomic E-state index is -1.99. The molecule has 16 heavy (non-hydrogen) atoms. The Labute approximate surface area is 95.6 Å². The molecule has 3 nitrogen and oxygen atoms in total. The average Bonchev–Trinajstić information content (AvgIpc) is 2.51. The predicted octanol–water partition coefficient (Wildman–Crippen LogP) is 2.21. The van der Waals surface area contributed by atoms with Crippen LogP contribution in [0, 0.1) is 0 Å². The maximum absolute atomic E-state index is 13.9. The van der Waals surface area contributed by atoms with Crippen LogP contribution in [-0.4, -0.2) is 40.8 Å². The Morgan fingerprint density at radius 1 is 1.25 bits per heavy atom. The van der Waals surface area contributed by atoms with Gasteiger partial charge in [0.15, 0.2) is 0 Å². The highest BCUT2D eigenvalue weighted by atomic mass is 19.1. The van der Waals surface area contributed by atoms with Crippen molar-refractivity contribution in [2.75, 3.05) is 13.1 Å². The molecule has 0 aromatic rings. The highest BCUT2D eigenvalue weighted by Crippen LogP contribution is 2.31. The van der Waals surface area contributed by atoms with E-state index in [1.165, 1.54) is 25.7 Å². The first-order valence-corrected chi connectivity index (χ1v) is 6.28. The van der Waals surface area contributed by atoms with Crippen LogP contribution in [-0.2, 0) is 4.79 Å². The number of hydrogen-bond donors (Lipinski definition) is 1. The van der Waals surface area contributed by atoms with Gasteiger partial charge in [-0.15, -0.1) is 0 Å². The normalized spacial score (nSPS) is 33.8. The van der Waals surface area contributed by atoms with Gasteiger partial charge in [0.1, 0.15) is 0 Å². The highest BCUT2D eigenvalue weighted by Gasteiger charge is 2.46. The minimum absolute atomic E-state index is 0.0903. The molecule has 0 bridgehead atoms. The fourth-order valence-corrected chi connectivity index (χ4v) is 2.91. The molecule has 1 saturated heterocycles. The Hall–Kier alpha value is -0.640. The van der Waals surface area contributed by atoms with E-state index in [9.17, 15) is 9.18 Å². The molecular formula is C12H20FNO2. The molecule has 0 amide bonds. The Bertz CT molecular complexity index is 264. The molecule has 1 aliphatic heterocycles. The van der Waals surface area contributed by atoms with Gasteiger partial charge in [0.05, 0.1) is 0 Å². The zero-order valence-electron chi connectivity index (χ0n) is 9.62. The van der Waals surface area contributed by atoms with Crippen molar-refractivity contribution in [1.82, 2.24) is 4.90 Å². The van der Waals surface area contributed by atoms with E-state index in [2.05, 4.69) is 4.90 Å². The fraction of sp³-hybridized carbons (Fsp3) is 0.917. The van der Waals surface area contributed by atoms with Crippen molar-refractivity contribution in [2.24, 2.45) is 0 Å². The maximum atomic E-state index is 13.9. The first-order chi connectivity index (χ1) is 7.62. The topological polar surface area (TPSA) is 40.5 Å². The van der Waals surface area contributed by atoms with E-state index in [1.807, 2.05) is 0 Å². The minimum Gasteiger partial charge on any atom is -0.479 e. The SMILES string of the molecule is O=C(O)C1(F)CCN(C2CCCCCC2)C1. The van der Waals surface area contributed by atoms with E-state index in [0.29, 0.717) is 12.6 Å². The van der Waals surface area contributed by atoms with Gasteiger partial charge in [-0.05, 0) is 12.8 Å². The number of hydrogen-bond acceptors (Lipinski definition) is 2. The van der Waals surface area contributed by atoms with Gasteiger partial charge in [-0.3, -0.25) is 4.90 Å². The molecule has 1 saturated carbocycles. The Kier molecular flexibility index (Phi) is 3.47. The third-order valence-electron chi connectivity index (χ3n) is 3.97. The summed E-state index contributed by atoms with van der Waals surface area (Å²) in [5.74, 6) is -1.29. The summed E-state index contributed by atoms with van der Waals surface area (Å²) in [4.78, 5) is 12.9. The van der Waals surface area contributed by atoms with E-state index in [0.717, 1.165) is 12.8 Å². The Morgan fingerprint density at radius 3 is 2.38 bits per heavy atom. The van der Waals surface area contributed by atoms with Crippen LogP contribution in [0.3, 0.4) is 0 Å². The number of nitrogens with zero attached hydrogens (tertiary/aromatic N) is 1. The highest BCUT2D eigenvalue weighted by molar-refractivity contribution is 5.78. The van der Waals surface area contributed by atoms with Gasteiger partial charge in [-0.2, -0.15) is 0 Å². The number of carbonyl (C=O) groups is 1. The van der Waals surface area contributed by atoms with Crippen LogP contribution in [0.2, 0.25) is 0 Å². The quantitative estimate of drug-likeness (QED) is 0.738. The van der Waals surface area contributed by atoms with Gasteiger partial charge in [0.25, 0.3) is 0 Å². The zero-order chi connectivity index (χ0) is 11.6. The van der Waals surface area contributed by atoms with E-state index in [4.69, 9.17) is 5.11 Å². The smallest absolute Gasteiger partial charge is 0.342 e. The number of aliphatic carboxylic acids is 1. The fourth-order valence-electron chi connectivity index (χ4n) is 2.91. The molecule has 4 heteroatoms. The van der Waals surface area contributed by atoms with E-state index in [-0.39, 0.29) is 13.0 Å². The molecule has 2 fully saturated rings. The molecule has 0 aromatic heterocycles. The molecule has 0 radical (unpaired) electrons. The molecule has 0 spiro atoms. The summed E-state index contributed by atoms with van der Waals surface area (Å²) in [6, 6.07) is 0.416. The molecular weight excluding hydrogens is 209 g/mol. The van der Waals surface area contributed by atoms with Gasteiger partial charge in [-0.1, -0.05) is 25.7 Å². The van der Waals surface area contributed by atoms with Gasteiger partial charge in [0, 0.05) is 25.6 Å². The lowest BCUT2D eigenvalue weighted by Crippen LogP contribution is -2.40. The van der Waals surface area contributed by atoms with Gasteiger partial charge >= 0.3 is 5.97 Å². The molecule has 1 aliphatic carbocycles. The molecule has 1 unspecified atom stereocenters. The Morgan fingerprint density at radius 2 is 1.88 bits per heavy atom. The third kappa shape index (κ3) is 2.37. The second-order valence-electron chi connectivity index (χ2n) is 5.14. The summed E-state index contributed by atoms with van der Waals surface area (Å²) in [5.41, 5.74) is -1.99. The van der Waals surface area contributed by atoms with E-state index in [1.54, 1.807) is 0 Å². The van der Waals surface area contributed by atoms with Crippen molar-refractivity contribution >= 4 is 5.97 Å². The number of carboxylic acid groups (broad SMARTS) is 1. The summed E-state index contributed by atoms with van der Waals surface area (Å²) in [6.07, 6.45) is 7.30. The molecule has 0 aromatic carbocycles. The predicted molar refractivity (Wildman–Crippen MR) is 59.2 cm³/mol.